The molecule has 29 heavy (non-hydrogen) atoms. The second-order valence-corrected chi connectivity index (χ2v) is 7.71. The molecule has 0 aliphatic carbocycles. The van der Waals surface area contributed by atoms with Crippen molar-refractivity contribution >= 4 is 34.6 Å². The molecule has 2 aliphatic rings. The summed E-state index contributed by atoms with van der Waals surface area (Å²) in [5, 5.41) is 0.682. The molecule has 2 aliphatic heterocycles. The number of aryl methyl sites for hydroxylation is 1. The first-order chi connectivity index (χ1) is 14.2. The van der Waals surface area contributed by atoms with Crippen LogP contribution in [0.4, 0.5) is 5.69 Å². The standard InChI is InChI=1S/C22H22N2O4S/c1-15-11-18-19(28-14-27-18)12-16(15)13-20-21(25)24(9-6-10-26-2)22(29-20)23-17-7-4-3-5-8-17/h3-5,7-8,11-13H,6,9-10,14H2,1-2H3/b20-13-,23-22?. The summed E-state index contributed by atoms with van der Waals surface area (Å²) in [6, 6.07) is 13.5. The van der Waals surface area contributed by atoms with Gasteiger partial charge in [-0.25, -0.2) is 4.99 Å². The van der Waals surface area contributed by atoms with Gasteiger partial charge in [0.25, 0.3) is 5.91 Å². The Kier molecular flexibility index (Phi) is 5.87. The third-order valence-corrected chi connectivity index (χ3v) is 5.65. The summed E-state index contributed by atoms with van der Waals surface area (Å²) in [7, 11) is 1.66. The number of hydrogen-bond donors (Lipinski definition) is 0. The van der Waals surface area contributed by atoms with Crippen LogP contribution in [0.5, 0.6) is 11.5 Å². The van der Waals surface area contributed by atoms with Crippen molar-refractivity contribution in [2.75, 3.05) is 27.1 Å². The predicted molar refractivity (Wildman–Crippen MR) is 115 cm³/mol. The molecule has 150 valence electrons. The number of thioether (sulfide) groups is 1. The highest BCUT2D eigenvalue weighted by Crippen LogP contribution is 2.38. The van der Waals surface area contributed by atoms with Gasteiger partial charge in [0, 0.05) is 20.3 Å². The topological polar surface area (TPSA) is 60.4 Å². The Morgan fingerprint density at radius 2 is 1.97 bits per heavy atom. The number of amides is 1. The smallest absolute Gasteiger partial charge is 0.266 e. The lowest BCUT2D eigenvalue weighted by Gasteiger charge is -2.15. The minimum atomic E-state index is -0.0437. The first-order valence-corrected chi connectivity index (χ1v) is 10.2. The summed E-state index contributed by atoms with van der Waals surface area (Å²) in [5.74, 6) is 1.40. The molecule has 1 amide bonds. The first-order valence-electron chi connectivity index (χ1n) is 9.40. The van der Waals surface area contributed by atoms with Gasteiger partial charge in [-0.1, -0.05) is 18.2 Å². The minimum absolute atomic E-state index is 0.0437. The molecule has 1 fully saturated rings. The first kappa shape index (κ1) is 19.5. The molecule has 2 aromatic carbocycles. The van der Waals surface area contributed by atoms with Crippen LogP contribution in [-0.4, -0.2) is 43.0 Å². The molecule has 4 rings (SSSR count). The maximum atomic E-state index is 13.1. The molecule has 0 atom stereocenters. The van der Waals surface area contributed by atoms with E-state index in [1.807, 2.05) is 55.5 Å². The molecule has 2 aromatic rings. The number of benzene rings is 2. The maximum Gasteiger partial charge on any atom is 0.266 e. The summed E-state index contributed by atoms with van der Waals surface area (Å²) < 4.78 is 16.1. The van der Waals surface area contributed by atoms with Gasteiger partial charge in [0.1, 0.15) is 0 Å². The number of methoxy groups -OCH3 is 1. The number of carbonyl (C=O) groups is 1. The molecule has 7 heteroatoms. The molecule has 2 heterocycles. The lowest BCUT2D eigenvalue weighted by atomic mass is 10.1. The number of aliphatic imine (C=N–C) groups is 1. The molecule has 0 aromatic heterocycles. The van der Waals surface area contributed by atoms with Crippen molar-refractivity contribution in [3.05, 3.63) is 58.5 Å². The molecular formula is C22H22N2O4S. The third-order valence-electron chi connectivity index (χ3n) is 4.65. The van der Waals surface area contributed by atoms with E-state index in [0.29, 0.717) is 29.0 Å². The van der Waals surface area contributed by atoms with Crippen LogP contribution >= 0.6 is 11.8 Å². The normalized spacial score (nSPS) is 18.3. The van der Waals surface area contributed by atoms with Crippen molar-refractivity contribution in [2.45, 2.75) is 13.3 Å². The molecule has 0 unspecified atom stereocenters. The number of hydrogen-bond acceptors (Lipinski definition) is 6. The van der Waals surface area contributed by atoms with Crippen LogP contribution in [0.3, 0.4) is 0 Å². The molecular weight excluding hydrogens is 388 g/mol. The van der Waals surface area contributed by atoms with Gasteiger partial charge < -0.3 is 14.2 Å². The van der Waals surface area contributed by atoms with E-state index in [9.17, 15) is 4.79 Å². The zero-order chi connectivity index (χ0) is 20.2. The Hall–Kier alpha value is -2.77. The van der Waals surface area contributed by atoms with Gasteiger partial charge in [-0.05, 0) is 66.6 Å². The van der Waals surface area contributed by atoms with Crippen molar-refractivity contribution in [2.24, 2.45) is 4.99 Å². The van der Waals surface area contributed by atoms with Crippen molar-refractivity contribution in [1.82, 2.24) is 4.90 Å². The summed E-state index contributed by atoms with van der Waals surface area (Å²) >= 11 is 1.39. The average Bonchev–Trinajstić information content (AvgIpc) is 3.28. The zero-order valence-corrected chi connectivity index (χ0v) is 17.2. The van der Waals surface area contributed by atoms with Crippen molar-refractivity contribution in [3.63, 3.8) is 0 Å². The number of carbonyl (C=O) groups excluding carboxylic acids is 1. The van der Waals surface area contributed by atoms with E-state index < -0.39 is 0 Å². The van der Waals surface area contributed by atoms with Crippen LogP contribution in [0.1, 0.15) is 17.5 Å². The molecule has 0 bridgehead atoms. The largest absolute Gasteiger partial charge is 0.454 e. The average molecular weight is 410 g/mol. The highest BCUT2D eigenvalue weighted by Gasteiger charge is 2.33. The van der Waals surface area contributed by atoms with Gasteiger partial charge in [0.2, 0.25) is 6.79 Å². The molecule has 0 N–H and O–H groups in total. The van der Waals surface area contributed by atoms with E-state index >= 15 is 0 Å². The van der Waals surface area contributed by atoms with Crippen LogP contribution in [0, 0.1) is 6.92 Å². The lowest BCUT2D eigenvalue weighted by molar-refractivity contribution is -0.122. The summed E-state index contributed by atoms with van der Waals surface area (Å²) in [5.41, 5.74) is 2.78. The van der Waals surface area contributed by atoms with Gasteiger partial charge in [0.15, 0.2) is 16.7 Å². The monoisotopic (exact) mass is 410 g/mol. The van der Waals surface area contributed by atoms with E-state index in [1.54, 1.807) is 12.0 Å². The zero-order valence-electron chi connectivity index (χ0n) is 16.4. The van der Waals surface area contributed by atoms with Gasteiger partial charge in [-0.3, -0.25) is 9.69 Å². The van der Waals surface area contributed by atoms with Gasteiger partial charge in [0.05, 0.1) is 10.6 Å². The van der Waals surface area contributed by atoms with Crippen molar-refractivity contribution in [3.8, 4) is 11.5 Å². The summed E-state index contributed by atoms with van der Waals surface area (Å²) in [6.07, 6.45) is 2.65. The minimum Gasteiger partial charge on any atom is -0.454 e. The maximum absolute atomic E-state index is 13.1. The second kappa shape index (κ2) is 8.71. The number of nitrogens with zero attached hydrogens (tertiary/aromatic N) is 2. The second-order valence-electron chi connectivity index (χ2n) is 6.71. The summed E-state index contributed by atoms with van der Waals surface area (Å²) in [4.78, 5) is 20.2. The number of ether oxygens (including phenoxy) is 3. The Bertz CT molecular complexity index is 972. The SMILES string of the molecule is COCCCN1C(=O)/C(=C/c2cc3c(cc2C)OCO3)SC1=Nc1ccccc1. The van der Waals surface area contributed by atoms with Crippen LogP contribution < -0.4 is 9.47 Å². The van der Waals surface area contributed by atoms with Gasteiger partial charge in [-0.15, -0.1) is 0 Å². The quantitative estimate of drug-likeness (QED) is 0.523. The number of amidine groups is 1. The van der Waals surface area contributed by atoms with Crippen LogP contribution in [0.15, 0.2) is 52.4 Å². The Morgan fingerprint density at radius 3 is 2.72 bits per heavy atom. The van der Waals surface area contributed by atoms with E-state index in [4.69, 9.17) is 19.2 Å². The Labute approximate surface area is 174 Å². The highest BCUT2D eigenvalue weighted by atomic mass is 32.2. The van der Waals surface area contributed by atoms with Crippen LogP contribution in [0.2, 0.25) is 0 Å². The number of rotatable bonds is 6. The Morgan fingerprint density at radius 1 is 1.21 bits per heavy atom. The summed E-state index contributed by atoms with van der Waals surface area (Å²) in [6.45, 7) is 3.37. The van der Waals surface area contributed by atoms with E-state index in [-0.39, 0.29) is 12.7 Å². The molecule has 0 saturated carbocycles. The van der Waals surface area contributed by atoms with E-state index in [1.165, 1.54) is 11.8 Å². The highest BCUT2D eigenvalue weighted by molar-refractivity contribution is 8.18. The molecule has 0 spiro atoms. The number of para-hydroxylation sites is 1. The predicted octanol–water partition coefficient (Wildman–Crippen LogP) is 4.36. The van der Waals surface area contributed by atoms with Crippen molar-refractivity contribution in [1.29, 1.82) is 0 Å². The van der Waals surface area contributed by atoms with E-state index in [2.05, 4.69) is 0 Å². The Balaban J connectivity index is 1.65. The molecule has 1 saturated heterocycles. The molecule has 6 nitrogen and oxygen atoms in total. The number of fused-ring (bicyclic) bond motifs is 1. The van der Waals surface area contributed by atoms with E-state index in [0.717, 1.165) is 29.0 Å². The van der Waals surface area contributed by atoms with Crippen molar-refractivity contribution < 1.29 is 19.0 Å². The third kappa shape index (κ3) is 4.31. The van der Waals surface area contributed by atoms with Gasteiger partial charge >= 0.3 is 0 Å². The fraction of sp³-hybridized carbons (Fsp3) is 0.273. The van der Waals surface area contributed by atoms with Gasteiger partial charge in [-0.2, -0.15) is 0 Å². The van der Waals surface area contributed by atoms with Crippen LogP contribution in [-0.2, 0) is 9.53 Å². The lowest BCUT2D eigenvalue weighted by Crippen LogP contribution is -2.30. The fourth-order valence-electron chi connectivity index (χ4n) is 3.12. The fourth-order valence-corrected chi connectivity index (χ4v) is 4.14. The molecule has 0 radical (unpaired) electrons. The van der Waals surface area contributed by atoms with Crippen LogP contribution in [0.25, 0.3) is 6.08 Å².